The Kier molecular flexibility index (Phi) is 5.20. The van der Waals surface area contributed by atoms with Crippen molar-refractivity contribution in [1.82, 2.24) is 10.2 Å². The van der Waals surface area contributed by atoms with E-state index in [9.17, 15) is 9.59 Å². The molecule has 0 saturated carbocycles. The number of rotatable bonds is 3. The zero-order chi connectivity index (χ0) is 15.4. The third-order valence-corrected chi connectivity index (χ3v) is 3.85. The average molecular weight is 310 g/mol. The van der Waals surface area contributed by atoms with Crippen LogP contribution in [0.4, 0.5) is 0 Å². The molecule has 0 spiro atoms. The van der Waals surface area contributed by atoms with E-state index < -0.39 is 6.04 Å². The van der Waals surface area contributed by atoms with Crippen molar-refractivity contribution in [2.75, 3.05) is 13.1 Å². The van der Waals surface area contributed by atoms with Crippen LogP contribution in [0.25, 0.3) is 0 Å². The van der Waals surface area contributed by atoms with Crippen LogP contribution in [0.5, 0.6) is 0 Å². The van der Waals surface area contributed by atoms with E-state index in [-0.39, 0.29) is 17.9 Å². The van der Waals surface area contributed by atoms with Crippen LogP contribution in [0.15, 0.2) is 24.3 Å². The smallest absolute Gasteiger partial charge is 0.251 e. The Hall–Kier alpha value is -1.59. The second kappa shape index (κ2) is 6.91. The fourth-order valence-electron chi connectivity index (χ4n) is 2.43. The van der Waals surface area contributed by atoms with Crippen molar-refractivity contribution in [1.29, 1.82) is 0 Å². The summed E-state index contributed by atoms with van der Waals surface area (Å²) in [7, 11) is 0. The molecule has 1 aromatic carbocycles. The van der Waals surface area contributed by atoms with Crippen LogP contribution >= 0.6 is 11.6 Å². The van der Waals surface area contributed by atoms with Gasteiger partial charge < -0.3 is 16.0 Å². The highest BCUT2D eigenvalue weighted by atomic mass is 35.5. The van der Waals surface area contributed by atoms with Crippen LogP contribution in [-0.2, 0) is 4.79 Å². The molecule has 1 aromatic rings. The van der Waals surface area contributed by atoms with Crippen LogP contribution in [0, 0.1) is 0 Å². The Balaban J connectivity index is 1.93. The number of carbonyl (C=O) groups is 2. The van der Waals surface area contributed by atoms with Gasteiger partial charge in [0.05, 0.1) is 0 Å². The van der Waals surface area contributed by atoms with Crippen molar-refractivity contribution in [2.45, 2.75) is 31.8 Å². The first-order valence-corrected chi connectivity index (χ1v) is 7.46. The standard InChI is InChI=1S/C15H20ClN3O2/c1-10(15(21)19-8-2-3-13(17)9-19)18-14(20)11-4-6-12(16)7-5-11/h4-7,10,13H,2-3,8-9,17H2,1H3,(H,18,20). The van der Waals surface area contributed by atoms with Gasteiger partial charge in [0.1, 0.15) is 6.04 Å². The Labute approximate surface area is 129 Å². The number of carbonyl (C=O) groups excluding carboxylic acids is 2. The van der Waals surface area contributed by atoms with Gasteiger partial charge in [0, 0.05) is 29.7 Å². The van der Waals surface area contributed by atoms with Gasteiger partial charge in [0.2, 0.25) is 5.91 Å². The van der Waals surface area contributed by atoms with Crippen LogP contribution in [0.3, 0.4) is 0 Å². The van der Waals surface area contributed by atoms with E-state index in [4.69, 9.17) is 17.3 Å². The molecule has 1 fully saturated rings. The molecule has 0 radical (unpaired) electrons. The van der Waals surface area contributed by atoms with E-state index in [0.717, 1.165) is 12.8 Å². The largest absolute Gasteiger partial charge is 0.341 e. The quantitative estimate of drug-likeness (QED) is 0.886. The number of halogens is 1. The van der Waals surface area contributed by atoms with Crippen molar-refractivity contribution >= 4 is 23.4 Å². The molecule has 1 aliphatic rings. The van der Waals surface area contributed by atoms with Crippen molar-refractivity contribution in [2.24, 2.45) is 5.73 Å². The summed E-state index contributed by atoms with van der Waals surface area (Å²) in [6.07, 6.45) is 1.85. The summed E-state index contributed by atoms with van der Waals surface area (Å²) in [5.74, 6) is -0.374. The lowest BCUT2D eigenvalue weighted by Crippen LogP contribution is -2.52. The minimum Gasteiger partial charge on any atom is -0.341 e. The van der Waals surface area contributed by atoms with E-state index >= 15 is 0 Å². The third-order valence-electron chi connectivity index (χ3n) is 3.59. The van der Waals surface area contributed by atoms with Crippen molar-refractivity contribution in [3.63, 3.8) is 0 Å². The first-order chi connectivity index (χ1) is 9.97. The van der Waals surface area contributed by atoms with Gasteiger partial charge >= 0.3 is 0 Å². The van der Waals surface area contributed by atoms with Crippen molar-refractivity contribution in [3.8, 4) is 0 Å². The summed E-state index contributed by atoms with van der Waals surface area (Å²) in [6, 6.07) is 6.01. The lowest BCUT2D eigenvalue weighted by atomic mass is 10.1. The highest BCUT2D eigenvalue weighted by Gasteiger charge is 2.26. The maximum absolute atomic E-state index is 12.3. The highest BCUT2D eigenvalue weighted by molar-refractivity contribution is 6.30. The fraction of sp³-hybridized carbons (Fsp3) is 0.467. The first kappa shape index (κ1) is 15.8. The molecule has 2 rings (SSSR count). The number of piperidine rings is 1. The van der Waals surface area contributed by atoms with Gasteiger partial charge in [0.15, 0.2) is 0 Å². The summed E-state index contributed by atoms with van der Waals surface area (Å²) in [5.41, 5.74) is 6.36. The van der Waals surface area contributed by atoms with Crippen LogP contribution < -0.4 is 11.1 Å². The normalized spacial score (nSPS) is 20.0. The maximum atomic E-state index is 12.3. The molecule has 0 aliphatic carbocycles. The zero-order valence-corrected chi connectivity index (χ0v) is 12.8. The third kappa shape index (κ3) is 4.19. The maximum Gasteiger partial charge on any atom is 0.251 e. The number of hydrogen-bond acceptors (Lipinski definition) is 3. The molecule has 3 N–H and O–H groups in total. The lowest BCUT2D eigenvalue weighted by molar-refractivity contribution is -0.134. The predicted molar refractivity (Wildman–Crippen MR) is 82.2 cm³/mol. The van der Waals surface area contributed by atoms with Crippen molar-refractivity contribution < 1.29 is 9.59 Å². The topological polar surface area (TPSA) is 75.4 Å². The number of likely N-dealkylation sites (tertiary alicyclic amines) is 1. The molecule has 114 valence electrons. The van der Waals surface area contributed by atoms with E-state index in [1.54, 1.807) is 36.1 Å². The van der Waals surface area contributed by atoms with Gasteiger partial charge in [-0.15, -0.1) is 0 Å². The molecule has 1 heterocycles. The molecular weight excluding hydrogens is 290 g/mol. The minimum atomic E-state index is -0.571. The molecule has 2 atom stereocenters. The van der Waals surface area contributed by atoms with Gasteiger partial charge in [-0.1, -0.05) is 11.6 Å². The van der Waals surface area contributed by atoms with Crippen LogP contribution in [-0.4, -0.2) is 41.9 Å². The molecule has 0 bridgehead atoms. The van der Waals surface area contributed by atoms with E-state index in [0.29, 0.717) is 23.7 Å². The second-order valence-electron chi connectivity index (χ2n) is 5.39. The van der Waals surface area contributed by atoms with E-state index in [2.05, 4.69) is 5.32 Å². The van der Waals surface area contributed by atoms with Crippen molar-refractivity contribution in [3.05, 3.63) is 34.9 Å². The zero-order valence-electron chi connectivity index (χ0n) is 12.0. The molecule has 0 aromatic heterocycles. The Morgan fingerprint density at radius 3 is 2.67 bits per heavy atom. The Morgan fingerprint density at radius 2 is 2.05 bits per heavy atom. The Bertz CT molecular complexity index is 518. The lowest BCUT2D eigenvalue weighted by Gasteiger charge is -2.32. The van der Waals surface area contributed by atoms with Gasteiger partial charge in [0.25, 0.3) is 5.91 Å². The van der Waals surface area contributed by atoms with E-state index in [1.165, 1.54) is 0 Å². The number of hydrogen-bond donors (Lipinski definition) is 2. The molecular formula is C15H20ClN3O2. The second-order valence-corrected chi connectivity index (χ2v) is 5.83. The average Bonchev–Trinajstić information content (AvgIpc) is 2.47. The van der Waals surface area contributed by atoms with Gasteiger partial charge in [-0.25, -0.2) is 0 Å². The van der Waals surface area contributed by atoms with Crippen LogP contribution in [0.1, 0.15) is 30.1 Å². The molecule has 1 saturated heterocycles. The monoisotopic (exact) mass is 309 g/mol. The van der Waals surface area contributed by atoms with Gasteiger partial charge in [-0.2, -0.15) is 0 Å². The molecule has 1 aliphatic heterocycles. The number of nitrogens with zero attached hydrogens (tertiary/aromatic N) is 1. The summed E-state index contributed by atoms with van der Waals surface area (Å²) in [6.45, 7) is 2.95. The summed E-state index contributed by atoms with van der Waals surface area (Å²) in [4.78, 5) is 26.1. The van der Waals surface area contributed by atoms with E-state index in [1.807, 2.05) is 0 Å². The number of benzene rings is 1. The summed E-state index contributed by atoms with van der Waals surface area (Å²) in [5, 5.41) is 3.28. The molecule has 2 unspecified atom stereocenters. The minimum absolute atomic E-state index is 0.0295. The van der Waals surface area contributed by atoms with Crippen LogP contribution in [0.2, 0.25) is 5.02 Å². The number of nitrogens with two attached hydrogens (primary N) is 1. The number of nitrogens with one attached hydrogen (secondary N) is 1. The molecule has 6 heteroatoms. The molecule has 5 nitrogen and oxygen atoms in total. The Morgan fingerprint density at radius 1 is 1.38 bits per heavy atom. The summed E-state index contributed by atoms with van der Waals surface area (Å²) >= 11 is 5.78. The predicted octanol–water partition coefficient (Wildman–Crippen LogP) is 1.41. The number of amides is 2. The highest BCUT2D eigenvalue weighted by Crippen LogP contribution is 2.11. The van der Waals surface area contributed by atoms with Gasteiger partial charge in [-0.3, -0.25) is 9.59 Å². The fourth-order valence-corrected chi connectivity index (χ4v) is 2.55. The van der Waals surface area contributed by atoms with Gasteiger partial charge in [-0.05, 0) is 44.0 Å². The first-order valence-electron chi connectivity index (χ1n) is 7.08. The SMILES string of the molecule is CC(NC(=O)c1ccc(Cl)cc1)C(=O)N1CCCC(N)C1. The molecule has 21 heavy (non-hydrogen) atoms. The molecule has 2 amide bonds. The summed E-state index contributed by atoms with van der Waals surface area (Å²) < 4.78 is 0.